The number of fused-ring (bicyclic) bond motifs is 2. The lowest BCUT2D eigenvalue weighted by Gasteiger charge is -2.29. The molecule has 5 rings (SSSR count). The number of aromatic nitrogens is 2. The Morgan fingerprint density at radius 1 is 0.562 bits per heavy atom. The molecule has 12 amide bonds. The SMILES string of the molecule is CC(=O)N[C@@H](CC(=O)O)C(=O)N[C@H]1CSSC[C@@H](C(=O)N[C@H](C(=O)O)[C@@H](C)O)NC(=O)[C@H](Cc2c[nH]c3ccccc23)CC(=O)C(C(C)C)NC(=O)[C@H](CC(C)C)NC(=O)[C@H](CCC(=O)O)NC(=O)CNC(=O)[C@H](CC(C)C)NC(=O)C(C)NC(=O)[C@H](Cc2c[nH]c3ccccc23)NC(=O)[C@H](C)NC1=O. The summed E-state index contributed by atoms with van der Waals surface area (Å²) in [6.45, 7) is 13.9. The lowest BCUT2D eigenvalue weighted by Crippen LogP contribution is -2.59. The van der Waals surface area contributed by atoms with Crippen molar-refractivity contribution in [1.29, 1.82) is 0 Å². The zero-order valence-corrected chi connectivity index (χ0v) is 61.6. The van der Waals surface area contributed by atoms with Crippen molar-refractivity contribution in [3.05, 3.63) is 72.1 Å². The molecule has 574 valence electrons. The second kappa shape index (κ2) is 40.8. The topological polar surface area (TPSA) is 530 Å². The number of benzene rings is 2. The third-order valence-electron chi connectivity index (χ3n) is 16.8. The first-order valence-electron chi connectivity index (χ1n) is 34.2. The van der Waals surface area contributed by atoms with E-state index < -0.39 is 223 Å². The van der Waals surface area contributed by atoms with Crippen LogP contribution >= 0.6 is 21.6 Å². The number of H-pyrrole nitrogens is 2. The molecule has 36 heteroatoms. The van der Waals surface area contributed by atoms with E-state index in [1.54, 1.807) is 102 Å². The molecule has 1 fully saturated rings. The van der Waals surface area contributed by atoms with Gasteiger partial charge in [-0.3, -0.25) is 71.9 Å². The number of aromatic amines is 2. The summed E-state index contributed by atoms with van der Waals surface area (Å²) < 4.78 is 0. The van der Waals surface area contributed by atoms with Crippen LogP contribution in [0.25, 0.3) is 21.8 Å². The number of hydrogen-bond acceptors (Lipinski definition) is 19. The van der Waals surface area contributed by atoms with Gasteiger partial charge in [0.15, 0.2) is 11.8 Å². The lowest BCUT2D eigenvalue weighted by atomic mass is 9.87. The molecule has 105 heavy (non-hydrogen) atoms. The van der Waals surface area contributed by atoms with Gasteiger partial charge in [0.2, 0.25) is 70.9 Å². The molecule has 34 nitrogen and oxygen atoms in total. The van der Waals surface area contributed by atoms with Gasteiger partial charge >= 0.3 is 17.9 Å². The van der Waals surface area contributed by atoms with E-state index in [1.807, 2.05) is 0 Å². The summed E-state index contributed by atoms with van der Waals surface area (Å²) in [4.78, 5) is 227. The number of hydrogen-bond donors (Lipinski definition) is 18. The number of amides is 12. The molecule has 0 bridgehead atoms. The maximum Gasteiger partial charge on any atom is 0.328 e. The van der Waals surface area contributed by atoms with Gasteiger partial charge in [-0.25, -0.2) is 4.79 Å². The van der Waals surface area contributed by atoms with Crippen LogP contribution in [0.3, 0.4) is 0 Å². The third kappa shape index (κ3) is 27.2. The van der Waals surface area contributed by atoms with Crippen molar-refractivity contribution in [2.75, 3.05) is 18.1 Å². The van der Waals surface area contributed by atoms with Crippen molar-refractivity contribution in [2.45, 2.75) is 193 Å². The van der Waals surface area contributed by atoms with Gasteiger partial charge in [-0.15, -0.1) is 0 Å². The van der Waals surface area contributed by atoms with Crippen LogP contribution in [0.5, 0.6) is 0 Å². The largest absolute Gasteiger partial charge is 0.481 e. The Morgan fingerprint density at radius 2 is 1.08 bits per heavy atom. The molecule has 13 atom stereocenters. The zero-order chi connectivity index (χ0) is 78.1. The predicted molar refractivity (Wildman–Crippen MR) is 385 cm³/mol. The van der Waals surface area contributed by atoms with Crippen LogP contribution < -0.4 is 63.8 Å². The fraction of sp³-hybridized carbons (Fsp3) is 0.536. The van der Waals surface area contributed by atoms with Crippen molar-refractivity contribution in [3.8, 4) is 0 Å². The van der Waals surface area contributed by atoms with Crippen LogP contribution in [-0.4, -0.2) is 216 Å². The number of nitrogens with one attached hydrogen (secondary N) is 14. The molecule has 18 N–H and O–H groups in total. The van der Waals surface area contributed by atoms with Gasteiger partial charge in [-0.1, -0.05) is 99.5 Å². The summed E-state index contributed by atoms with van der Waals surface area (Å²) in [7, 11) is 1.53. The maximum atomic E-state index is 15.1. The minimum atomic E-state index is -1.95. The van der Waals surface area contributed by atoms with Gasteiger partial charge in [-0.2, -0.15) is 0 Å². The van der Waals surface area contributed by atoms with Crippen molar-refractivity contribution < 1.29 is 97.1 Å². The van der Waals surface area contributed by atoms with Crippen molar-refractivity contribution in [1.82, 2.24) is 73.8 Å². The summed E-state index contributed by atoms with van der Waals surface area (Å²) in [5, 5.41) is 71.0. The van der Waals surface area contributed by atoms with E-state index in [2.05, 4.69) is 73.8 Å². The van der Waals surface area contributed by atoms with Gasteiger partial charge in [0, 0.05) is 77.8 Å². The lowest BCUT2D eigenvalue weighted by molar-refractivity contribution is -0.145. The molecule has 1 aliphatic rings. The normalized spacial score (nSPS) is 23.4. The van der Waals surface area contributed by atoms with Gasteiger partial charge < -0.3 is 94.2 Å². The quantitative estimate of drug-likeness (QED) is 0.0466. The number of para-hydroxylation sites is 2. The molecule has 0 aliphatic carbocycles. The molecule has 0 spiro atoms. The maximum absolute atomic E-state index is 15.1. The van der Waals surface area contributed by atoms with Gasteiger partial charge in [-0.05, 0) is 87.5 Å². The number of ketones is 1. The van der Waals surface area contributed by atoms with E-state index in [4.69, 9.17) is 0 Å². The summed E-state index contributed by atoms with van der Waals surface area (Å²) in [5.74, 6) is -20.9. The van der Waals surface area contributed by atoms with Crippen LogP contribution in [0.4, 0.5) is 0 Å². The highest BCUT2D eigenvalue weighted by Crippen LogP contribution is 2.27. The highest BCUT2D eigenvalue weighted by Gasteiger charge is 2.39. The average molecular weight is 1510 g/mol. The summed E-state index contributed by atoms with van der Waals surface area (Å²) in [6, 6.07) is -3.62. The molecular weight excluding hydrogens is 1410 g/mol. The molecule has 2 aromatic carbocycles. The van der Waals surface area contributed by atoms with E-state index >= 15 is 4.79 Å². The Hall–Kier alpha value is -10.1. The molecule has 1 saturated heterocycles. The molecular formula is C69H96N14O20S2. The highest BCUT2D eigenvalue weighted by molar-refractivity contribution is 8.76. The van der Waals surface area contributed by atoms with Crippen molar-refractivity contribution >= 4 is 138 Å². The first kappa shape index (κ1) is 85.5. The fourth-order valence-electron chi connectivity index (χ4n) is 11.3. The number of carboxylic acid groups (broad SMARTS) is 3. The van der Waals surface area contributed by atoms with E-state index in [9.17, 15) is 92.3 Å². The number of aliphatic carboxylic acids is 3. The van der Waals surface area contributed by atoms with E-state index in [0.29, 0.717) is 32.9 Å². The molecule has 1 aliphatic heterocycles. The molecule has 0 radical (unpaired) electrons. The third-order valence-corrected chi connectivity index (χ3v) is 19.3. The molecule has 2 aromatic heterocycles. The van der Waals surface area contributed by atoms with Crippen LogP contribution in [-0.2, 0) is 89.6 Å². The standard InChI is InChI=1S/C69H96N14O20S2/c1-32(2)21-47-62(95)72-29-54(87)76-46(19-20-55(88)89)63(96)79-48(22-33(3)4)66(99)82-57(34(5)6)53(86)25-39(23-40-27-70-44-17-13-11-15-42(40)44)61(94)80-52(68(101)83-58(37(9)84)69(102)103)31-105-104-30-51(81-65(98)50(26-56(90)91)75-38(10)85)67(100)74-36(8)60(93)78-49(64(97)73-35(7)59(92)77-47)24-41-28-71-45-18-14-12-16-43(41)45/h11-18,27-28,32-37,39,46-52,57-58,70-71,84H,19-26,29-31H2,1-10H3,(H,72,95)(H,73,97)(H,74,100)(H,75,85)(H,76,87)(H,77,92)(H,78,93)(H,79,96)(H,80,94)(H,81,98)(H,82,99)(H,83,101)(H,88,89)(H,90,91)(H,102,103)/t35?,36-,37+,39+,46-,47-,48-,49-,50-,51-,52-,57?,58-/m0/s1. The zero-order valence-electron chi connectivity index (χ0n) is 59.9. The number of aliphatic hydroxyl groups excluding tert-OH is 1. The molecule has 2 unspecified atom stereocenters. The Balaban J connectivity index is 1.62. The predicted octanol–water partition coefficient (Wildman–Crippen LogP) is -0.533. The number of carbonyl (C=O) groups is 16. The summed E-state index contributed by atoms with van der Waals surface area (Å²) in [6.07, 6.45) is -1.84. The number of aliphatic hydroxyl groups is 1. The Morgan fingerprint density at radius 3 is 1.61 bits per heavy atom. The van der Waals surface area contributed by atoms with Gasteiger partial charge in [0.05, 0.1) is 25.1 Å². The van der Waals surface area contributed by atoms with E-state index in [1.165, 1.54) is 13.8 Å². The molecule has 0 saturated carbocycles. The van der Waals surface area contributed by atoms with Crippen molar-refractivity contribution in [3.63, 3.8) is 0 Å². The van der Waals surface area contributed by atoms with Crippen LogP contribution in [0, 0.1) is 23.7 Å². The molecule has 3 heterocycles. The van der Waals surface area contributed by atoms with Crippen LogP contribution in [0.2, 0.25) is 0 Å². The van der Waals surface area contributed by atoms with Gasteiger partial charge in [0.25, 0.3) is 0 Å². The fourth-order valence-corrected chi connectivity index (χ4v) is 13.7. The summed E-state index contributed by atoms with van der Waals surface area (Å²) >= 11 is 0. The minimum absolute atomic E-state index is 0.0165. The van der Waals surface area contributed by atoms with Gasteiger partial charge in [0.1, 0.15) is 54.4 Å². The van der Waals surface area contributed by atoms with Crippen molar-refractivity contribution in [2.24, 2.45) is 23.7 Å². The second-order valence-electron chi connectivity index (χ2n) is 27.0. The number of carbonyl (C=O) groups excluding carboxylic acids is 13. The number of rotatable bonds is 21. The van der Waals surface area contributed by atoms with E-state index in [0.717, 1.165) is 35.4 Å². The molecule has 4 aromatic rings. The first-order chi connectivity index (χ1) is 49.4. The Bertz CT molecular complexity index is 3810. The Labute approximate surface area is 613 Å². The van der Waals surface area contributed by atoms with Crippen LogP contribution in [0.15, 0.2) is 60.9 Å². The number of Topliss-reactive ketones (excluding diaryl/α,β-unsaturated/α-hetero) is 1. The Kier molecular flexibility index (Phi) is 33.3. The van der Waals surface area contributed by atoms with Crippen LogP contribution in [0.1, 0.15) is 119 Å². The first-order valence-corrected chi connectivity index (χ1v) is 36.7. The monoisotopic (exact) mass is 1500 g/mol. The highest BCUT2D eigenvalue weighted by atomic mass is 33.1. The summed E-state index contributed by atoms with van der Waals surface area (Å²) in [5.41, 5.74) is 2.31. The smallest absolute Gasteiger partial charge is 0.328 e. The van der Waals surface area contributed by atoms with E-state index in [-0.39, 0.29) is 37.5 Å². The second-order valence-corrected chi connectivity index (χ2v) is 29.6. The number of carboxylic acids is 3. The average Bonchev–Trinajstić information content (AvgIpc) is 1.69. The minimum Gasteiger partial charge on any atom is -0.481 e.